The molecular formula is C19H30BNO2Si. The summed E-state index contributed by atoms with van der Waals surface area (Å²) < 4.78 is 12.4. The van der Waals surface area contributed by atoms with Crippen LogP contribution in [0.4, 0.5) is 0 Å². The molecular weight excluding hydrogens is 313 g/mol. The van der Waals surface area contributed by atoms with E-state index >= 15 is 0 Å². The van der Waals surface area contributed by atoms with Gasteiger partial charge in [0.2, 0.25) is 0 Å². The molecule has 1 heterocycles. The third kappa shape index (κ3) is 3.95. The van der Waals surface area contributed by atoms with Crippen LogP contribution in [0.3, 0.4) is 0 Å². The first-order valence-corrected chi connectivity index (χ1v) is 12.1. The van der Waals surface area contributed by atoms with Crippen molar-refractivity contribution in [1.29, 1.82) is 0 Å². The molecule has 0 bridgehead atoms. The van der Waals surface area contributed by atoms with Crippen molar-refractivity contribution in [2.75, 3.05) is 0 Å². The Bertz CT molecular complexity index is 680. The number of nitrogens with two attached hydrogens (primary N) is 1. The second-order valence-electron chi connectivity index (χ2n) is 8.64. The Morgan fingerprint density at radius 1 is 1.08 bits per heavy atom. The molecule has 1 fully saturated rings. The molecule has 1 saturated heterocycles. The maximum absolute atomic E-state index is 6.19. The minimum absolute atomic E-state index is 0.352. The van der Waals surface area contributed by atoms with E-state index in [-0.39, 0.29) is 18.3 Å². The molecule has 5 heteroatoms. The highest BCUT2D eigenvalue weighted by Crippen LogP contribution is 2.36. The van der Waals surface area contributed by atoms with Gasteiger partial charge in [-0.05, 0) is 57.3 Å². The van der Waals surface area contributed by atoms with Crippen molar-refractivity contribution < 1.29 is 9.31 Å². The van der Waals surface area contributed by atoms with Crippen LogP contribution >= 0.6 is 0 Å². The molecule has 0 radical (unpaired) electrons. The molecule has 0 spiro atoms. The van der Waals surface area contributed by atoms with Gasteiger partial charge >= 0.3 is 7.12 Å². The summed E-state index contributed by atoms with van der Waals surface area (Å²) in [6.45, 7) is 17.6. The number of benzene rings is 1. The lowest BCUT2D eigenvalue weighted by Crippen LogP contribution is -2.41. The molecule has 1 aliphatic rings. The van der Waals surface area contributed by atoms with E-state index in [1.807, 2.05) is 0 Å². The average molecular weight is 343 g/mol. The molecule has 1 aromatic rings. The first-order chi connectivity index (χ1) is 10.9. The third-order valence-corrected chi connectivity index (χ3v) is 5.73. The summed E-state index contributed by atoms with van der Waals surface area (Å²) in [4.78, 5) is 0. The second-order valence-corrected chi connectivity index (χ2v) is 13.4. The van der Waals surface area contributed by atoms with E-state index in [1.165, 1.54) is 0 Å². The van der Waals surface area contributed by atoms with Crippen LogP contribution in [0.1, 0.15) is 44.4 Å². The summed E-state index contributed by atoms with van der Waals surface area (Å²) in [5.41, 5.74) is 13.0. The van der Waals surface area contributed by atoms with Crippen molar-refractivity contribution in [3.8, 4) is 11.5 Å². The molecule has 0 atom stereocenters. The Morgan fingerprint density at radius 2 is 1.62 bits per heavy atom. The van der Waals surface area contributed by atoms with E-state index in [1.54, 1.807) is 0 Å². The number of hydrogen-bond acceptors (Lipinski definition) is 3. The van der Waals surface area contributed by atoms with Crippen LogP contribution in [-0.4, -0.2) is 26.4 Å². The smallest absolute Gasteiger partial charge is 0.399 e. The Balaban J connectivity index is 2.47. The van der Waals surface area contributed by atoms with Gasteiger partial charge in [-0.25, -0.2) is 0 Å². The molecule has 130 valence electrons. The molecule has 0 saturated carbocycles. The molecule has 1 aliphatic heterocycles. The molecule has 0 aromatic heterocycles. The topological polar surface area (TPSA) is 44.5 Å². The van der Waals surface area contributed by atoms with Crippen LogP contribution in [0.5, 0.6) is 0 Å². The molecule has 2 N–H and O–H groups in total. The van der Waals surface area contributed by atoms with E-state index in [4.69, 9.17) is 15.0 Å². The number of hydrogen-bond donors (Lipinski definition) is 1. The van der Waals surface area contributed by atoms with Gasteiger partial charge < -0.3 is 15.0 Å². The predicted octanol–water partition coefficient (Wildman–Crippen LogP) is 2.98. The normalized spacial score (nSPS) is 19.1. The highest BCUT2D eigenvalue weighted by Gasteiger charge is 2.51. The van der Waals surface area contributed by atoms with Crippen molar-refractivity contribution in [1.82, 2.24) is 0 Å². The van der Waals surface area contributed by atoms with Gasteiger partial charge in [0.15, 0.2) is 0 Å². The van der Waals surface area contributed by atoms with Crippen LogP contribution in [0.15, 0.2) is 12.1 Å². The lowest BCUT2D eigenvalue weighted by atomic mass is 9.76. The fraction of sp³-hybridized carbons (Fsp3) is 0.579. The van der Waals surface area contributed by atoms with Gasteiger partial charge in [0.1, 0.15) is 8.07 Å². The molecule has 0 unspecified atom stereocenters. The van der Waals surface area contributed by atoms with Gasteiger partial charge in [0.25, 0.3) is 0 Å². The van der Waals surface area contributed by atoms with Crippen LogP contribution in [0.2, 0.25) is 19.6 Å². The molecule has 3 nitrogen and oxygen atoms in total. The van der Waals surface area contributed by atoms with Crippen LogP contribution < -0.4 is 11.2 Å². The minimum Gasteiger partial charge on any atom is -0.399 e. The van der Waals surface area contributed by atoms with E-state index in [2.05, 4.69) is 77.9 Å². The summed E-state index contributed by atoms with van der Waals surface area (Å²) >= 11 is 0. The maximum atomic E-state index is 6.19. The molecule has 24 heavy (non-hydrogen) atoms. The van der Waals surface area contributed by atoms with E-state index in [0.29, 0.717) is 6.54 Å². The summed E-state index contributed by atoms with van der Waals surface area (Å²) in [6.07, 6.45) is 0. The molecule has 2 rings (SSSR count). The summed E-state index contributed by atoms with van der Waals surface area (Å²) in [5, 5.41) is 0. The lowest BCUT2D eigenvalue weighted by Gasteiger charge is -2.32. The highest BCUT2D eigenvalue weighted by atomic mass is 28.3. The molecule has 0 amide bonds. The minimum atomic E-state index is -1.44. The molecule has 1 aromatic carbocycles. The van der Waals surface area contributed by atoms with Gasteiger partial charge in [-0.1, -0.05) is 31.6 Å². The second kappa shape index (κ2) is 6.35. The maximum Gasteiger partial charge on any atom is 0.494 e. The Kier molecular flexibility index (Phi) is 5.09. The van der Waals surface area contributed by atoms with Gasteiger partial charge in [-0.15, -0.1) is 5.54 Å². The Hall–Kier alpha value is -1.06. The number of rotatable bonds is 2. The highest BCUT2D eigenvalue weighted by molar-refractivity contribution is 6.83. The van der Waals surface area contributed by atoms with Gasteiger partial charge in [0, 0.05) is 12.1 Å². The van der Waals surface area contributed by atoms with Crippen molar-refractivity contribution in [2.45, 2.75) is 72.0 Å². The van der Waals surface area contributed by atoms with Crippen LogP contribution in [0.25, 0.3) is 0 Å². The summed E-state index contributed by atoms with van der Waals surface area (Å²) in [5.74, 6) is 3.38. The first-order valence-electron chi connectivity index (χ1n) is 8.58. The first kappa shape index (κ1) is 19.3. The van der Waals surface area contributed by atoms with Crippen molar-refractivity contribution in [3.63, 3.8) is 0 Å². The van der Waals surface area contributed by atoms with Crippen LogP contribution in [0, 0.1) is 18.4 Å². The van der Waals surface area contributed by atoms with E-state index in [0.717, 1.165) is 22.2 Å². The van der Waals surface area contributed by atoms with Crippen molar-refractivity contribution >= 4 is 20.7 Å². The monoisotopic (exact) mass is 343 g/mol. The zero-order valence-corrected chi connectivity index (χ0v) is 17.3. The van der Waals surface area contributed by atoms with E-state index < -0.39 is 8.07 Å². The summed E-state index contributed by atoms with van der Waals surface area (Å²) in [7, 11) is -1.82. The van der Waals surface area contributed by atoms with Crippen molar-refractivity contribution in [2.24, 2.45) is 5.73 Å². The zero-order valence-electron chi connectivity index (χ0n) is 16.3. The fourth-order valence-electron chi connectivity index (χ4n) is 2.51. The van der Waals surface area contributed by atoms with Gasteiger partial charge in [0.05, 0.1) is 11.2 Å². The molecule has 0 aliphatic carbocycles. The largest absolute Gasteiger partial charge is 0.494 e. The predicted molar refractivity (Wildman–Crippen MR) is 105 cm³/mol. The van der Waals surface area contributed by atoms with Crippen LogP contribution in [-0.2, 0) is 15.9 Å². The Labute approximate surface area is 148 Å². The fourth-order valence-corrected chi connectivity index (χ4v) is 3.02. The zero-order chi connectivity index (χ0) is 18.3. The van der Waals surface area contributed by atoms with Gasteiger partial charge in [-0.3, -0.25) is 0 Å². The standard InChI is InChI=1S/C19H30BNO2Si/c1-14-15(9-10-24(6,7)8)11-17(12-16(14)13-21)20-22-18(2,3)19(4,5)23-20/h11-12H,13,21H2,1-8H3. The SMILES string of the molecule is Cc1c(C#C[Si](C)(C)C)cc(B2OC(C)(C)C(C)(C)O2)cc1CN. The average Bonchev–Trinajstić information content (AvgIpc) is 2.65. The third-order valence-electron chi connectivity index (χ3n) is 4.86. The lowest BCUT2D eigenvalue weighted by molar-refractivity contribution is 0.00578. The Morgan fingerprint density at radius 3 is 2.08 bits per heavy atom. The quantitative estimate of drug-likeness (QED) is 0.663. The summed E-state index contributed by atoms with van der Waals surface area (Å²) in [6, 6.07) is 4.20. The van der Waals surface area contributed by atoms with E-state index in [9.17, 15) is 0 Å². The van der Waals surface area contributed by atoms with Crippen molar-refractivity contribution in [3.05, 3.63) is 28.8 Å². The van der Waals surface area contributed by atoms with Gasteiger partial charge in [-0.2, -0.15) is 0 Å².